The van der Waals surface area contributed by atoms with Crippen molar-refractivity contribution < 1.29 is 9.53 Å². The van der Waals surface area contributed by atoms with E-state index in [2.05, 4.69) is 0 Å². The molecule has 0 unspecified atom stereocenters. The Bertz CT molecular complexity index is 388. The molecular formula is C14H16O2. The number of methoxy groups -OCH3 is 1. The highest BCUT2D eigenvalue weighted by atomic mass is 16.5. The molecule has 0 spiro atoms. The average Bonchev–Trinajstić information content (AvgIpc) is 3.15. The Hall–Kier alpha value is -1.57. The number of ketones is 1. The summed E-state index contributed by atoms with van der Waals surface area (Å²) in [7, 11) is 1.68. The van der Waals surface area contributed by atoms with Crippen LogP contribution < -0.4 is 0 Å². The van der Waals surface area contributed by atoms with Crippen molar-refractivity contribution in [3.8, 4) is 0 Å². The van der Waals surface area contributed by atoms with Crippen LogP contribution in [-0.4, -0.2) is 12.9 Å². The molecule has 2 rings (SSSR count). The molecule has 0 radical (unpaired) electrons. The number of ether oxygens (including phenoxy) is 1. The van der Waals surface area contributed by atoms with Crippen LogP contribution in [0.4, 0.5) is 0 Å². The maximum Gasteiger partial charge on any atom is 0.166 e. The lowest BCUT2D eigenvalue weighted by Crippen LogP contribution is -1.98. The number of carbonyl (C=O) groups excluding carboxylic acids is 1. The van der Waals surface area contributed by atoms with Crippen LogP contribution in [0.15, 0.2) is 42.2 Å². The second-order valence-electron chi connectivity index (χ2n) is 4.08. The Balaban J connectivity index is 1.97. The second kappa shape index (κ2) is 4.97. The van der Waals surface area contributed by atoms with Gasteiger partial charge in [0.2, 0.25) is 0 Å². The number of hydrogen-bond acceptors (Lipinski definition) is 2. The summed E-state index contributed by atoms with van der Waals surface area (Å²) < 4.78 is 5.27. The van der Waals surface area contributed by atoms with E-state index >= 15 is 0 Å². The minimum Gasteiger partial charge on any atom is -0.501 e. The van der Waals surface area contributed by atoms with Crippen molar-refractivity contribution in [3.63, 3.8) is 0 Å². The highest BCUT2D eigenvalue weighted by Crippen LogP contribution is 2.36. The summed E-state index contributed by atoms with van der Waals surface area (Å²) >= 11 is 0. The molecule has 0 heterocycles. The van der Waals surface area contributed by atoms with E-state index in [9.17, 15) is 4.79 Å². The zero-order chi connectivity index (χ0) is 11.4. The molecule has 0 N–H and O–H groups in total. The summed E-state index contributed by atoms with van der Waals surface area (Å²) in [6.45, 7) is 0. The van der Waals surface area contributed by atoms with Crippen molar-refractivity contribution in [1.82, 2.24) is 0 Å². The molecular weight excluding hydrogens is 200 g/mol. The summed E-state index contributed by atoms with van der Waals surface area (Å²) in [5.74, 6) is 1.69. The van der Waals surface area contributed by atoms with Crippen molar-refractivity contribution >= 4 is 5.78 Å². The monoisotopic (exact) mass is 216 g/mol. The van der Waals surface area contributed by atoms with Gasteiger partial charge in [0.15, 0.2) is 5.78 Å². The number of carbonyl (C=O) groups is 1. The van der Waals surface area contributed by atoms with Gasteiger partial charge in [-0.3, -0.25) is 4.79 Å². The van der Waals surface area contributed by atoms with Crippen LogP contribution in [0.3, 0.4) is 0 Å². The fraction of sp³-hybridized carbons (Fsp3) is 0.357. The molecule has 1 aliphatic carbocycles. The van der Waals surface area contributed by atoms with E-state index in [4.69, 9.17) is 4.74 Å². The van der Waals surface area contributed by atoms with Crippen molar-refractivity contribution in [3.05, 3.63) is 47.7 Å². The molecule has 84 valence electrons. The van der Waals surface area contributed by atoms with E-state index in [1.165, 1.54) is 12.8 Å². The molecule has 2 heteroatoms. The van der Waals surface area contributed by atoms with E-state index in [1.54, 1.807) is 7.11 Å². The molecule has 1 fully saturated rings. The molecule has 16 heavy (non-hydrogen) atoms. The normalized spacial score (nSPS) is 15.9. The summed E-state index contributed by atoms with van der Waals surface area (Å²) in [5.41, 5.74) is 0.769. The third kappa shape index (κ3) is 2.72. The quantitative estimate of drug-likeness (QED) is 0.558. The predicted molar refractivity (Wildman–Crippen MR) is 63.2 cm³/mol. The fourth-order valence-electron chi connectivity index (χ4n) is 1.72. The first-order valence-electron chi connectivity index (χ1n) is 5.63. The topological polar surface area (TPSA) is 26.3 Å². The molecule has 0 bridgehead atoms. The van der Waals surface area contributed by atoms with Crippen LogP contribution >= 0.6 is 0 Å². The Morgan fingerprint density at radius 3 is 2.62 bits per heavy atom. The van der Waals surface area contributed by atoms with Gasteiger partial charge in [0.25, 0.3) is 0 Å². The first kappa shape index (κ1) is 10.9. The molecule has 0 atom stereocenters. The number of allylic oxidation sites excluding steroid dienone is 2. The van der Waals surface area contributed by atoms with Crippen LogP contribution in [-0.2, 0) is 4.74 Å². The molecule has 2 nitrogen and oxygen atoms in total. The fourth-order valence-corrected chi connectivity index (χ4v) is 1.72. The third-order valence-corrected chi connectivity index (χ3v) is 2.80. The van der Waals surface area contributed by atoms with Gasteiger partial charge in [0, 0.05) is 17.9 Å². The zero-order valence-corrected chi connectivity index (χ0v) is 9.48. The van der Waals surface area contributed by atoms with Gasteiger partial charge >= 0.3 is 0 Å². The van der Waals surface area contributed by atoms with Crippen molar-refractivity contribution in [1.29, 1.82) is 0 Å². The van der Waals surface area contributed by atoms with Gasteiger partial charge in [-0.15, -0.1) is 0 Å². The molecule has 0 aliphatic heterocycles. The van der Waals surface area contributed by atoms with Crippen LogP contribution in [0.1, 0.15) is 29.6 Å². The first-order chi connectivity index (χ1) is 7.81. The maximum atomic E-state index is 11.8. The first-order valence-corrected chi connectivity index (χ1v) is 5.63. The van der Waals surface area contributed by atoms with Gasteiger partial charge in [-0.05, 0) is 18.9 Å². The van der Waals surface area contributed by atoms with Gasteiger partial charge in [0.1, 0.15) is 0 Å². The average molecular weight is 216 g/mol. The second-order valence-corrected chi connectivity index (χ2v) is 4.08. The van der Waals surface area contributed by atoms with Crippen LogP contribution in [0.5, 0.6) is 0 Å². The van der Waals surface area contributed by atoms with E-state index in [0.717, 1.165) is 11.3 Å². The van der Waals surface area contributed by atoms with E-state index in [-0.39, 0.29) is 5.78 Å². The largest absolute Gasteiger partial charge is 0.501 e. The van der Waals surface area contributed by atoms with Gasteiger partial charge < -0.3 is 4.74 Å². The lowest BCUT2D eigenvalue weighted by Gasteiger charge is -2.03. The van der Waals surface area contributed by atoms with Gasteiger partial charge in [-0.1, -0.05) is 30.3 Å². The molecule has 1 aromatic rings. The molecule has 1 saturated carbocycles. The minimum atomic E-state index is 0.149. The smallest absolute Gasteiger partial charge is 0.166 e. The Morgan fingerprint density at radius 1 is 1.38 bits per heavy atom. The van der Waals surface area contributed by atoms with Gasteiger partial charge in [0.05, 0.1) is 12.9 Å². The predicted octanol–water partition coefficient (Wildman–Crippen LogP) is 3.20. The highest BCUT2D eigenvalue weighted by Gasteiger charge is 2.26. The minimum absolute atomic E-state index is 0.149. The highest BCUT2D eigenvalue weighted by molar-refractivity contribution is 5.96. The molecule has 1 aromatic carbocycles. The summed E-state index contributed by atoms with van der Waals surface area (Å²) in [4.78, 5) is 11.8. The van der Waals surface area contributed by atoms with Gasteiger partial charge in [-0.25, -0.2) is 0 Å². The summed E-state index contributed by atoms with van der Waals surface area (Å²) in [6.07, 6.45) is 4.75. The molecule has 0 aromatic heterocycles. The summed E-state index contributed by atoms with van der Waals surface area (Å²) in [6, 6.07) is 9.38. The Labute approximate surface area is 95.9 Å². The lowest BCUT2D eigenvalue weighted by atomic mass is 10.1. The zero-order valence-electron chi connectivity index (χ0n) is 9.48. The molecule has 0 amide bonds. The summed E-state index contributed by atoms with van der Waals surface area (Å²) in [5, 5.41) is 0. The number of Topliss-reactive ketones (excluding diaryl/α,β-unsaturated/α-hetero) is 1. The molecule has 1 aliphatic rings. The van der Waals surface area contributed by atoms with Crippen LogP contribution in [0.25, 0.3) is 0 Å². The Kier molecular flexibility index (Phi) is 3.40. The maximum absolute atomic E-state index is 11.8. The third-order valence-electron chi connectivity index (χ3n) is 2.80. The standard InChI is InChI=1S/C14H16O2/c1-16-14(12-7-8-12)10-9-13(15)11-5-3-2-4-6-11/h2-6,10,12H,7-9H2,1H3/b14-10+. The van der Waals surface area contributed by atoms with Gasteiger partial charge in [-0.2, -0.15) is 0 Å². The van der Waals surface area contributed by atoms with Crippen LogP contribution in [0.2, 0.25) is 0 Å². The molecule has 0 saturated heterocycles. The van der Waals surface area contributed by atoms with Crippen molar-refractivity contribution in [2.24, 2.45) is 5.92 Å². The lowest BCUT2D eigenvalue weighted by molar-refractivity contribution is 0.0994. The Morgan fingerprint density at radius 2 is 2.06 bits per heavy atom. The van der Waals surface area contributed by atoms with Crippen molar-refractivity contribution in [2.75, 3.05) is 7.11 Å². The number of hydrogen-bond donors (Lipinski definition) is 0. The van der Waals surface area contributed by atoms with E-state index in [0.29, 0.717) is 12.3 Å². The van der Waals surface area contributed by atoms with E-state index < -0.39 is 0 Å². The van der Waals surface area contributed by atoms with Crippen molar-refractivity contribution in [2.45, 2.75) is 19.3 Å². The van der Waals surface area contributed by atoms with E-state index in [1.807, 2.05) is 36.4 Å². The number of benzene rings is 1. The van der Waals surface area contributed by atoms with Crippen LogP contribution in [0, 0.1) is 5.92 Å². The number of rotatable bonds is 5. The SMILES string of the molecule is CO/C(=C/CC(=O)c1ccccc1)C1CC1.